The minimum atomic E-state index is -1.17. The number of hydrogen-bond acceptors (Lipinski definition) is 4. The second-order valence-electron chi connectivity index (χ2n) is 5.27. The molecule has 0 saturated carbocycles. The van der Waals surface area contributed by atoms with Crippen LogP contribution in [0.15, 0.2) is 42.5 Å². The maximum atomic E-state index is 13.7. The van der Waals surface area contributed by atoms with Crippen LogP contribution in [0.5, 0.6) is 0 Å². The predicted molar refractivity (Wildman–Crippen MR) is 91.4 cm³/mol. The second kappa shape index (κ2) is 7.90. The van der Waals surface area contributed by atoms with E-state index in [-0.39, 0.29) is 10.8 Å². The zero-order valence-electron chi connectivity index (χ0n) is 13.5. The second-order valence-corrected chi connectivity index (χ2v) is 5.67. The lowest BCUT2D eigenvalue weighted by molar-refractivity contribution is -0.123. The Morgan fingerprint density at radius 1 is 1.12 bits per heavy atom. The predicted octanol–water partition coefficient (Wildman–Crippen LogP) is 3.87. The Bertz CT molecular complexity index is 800. The summed E-state index contributed by atoms with van der Waals surface area (Å²) in [7, 11) is 0. The van der Waals surface area contributed by atoms with E-state index in [1.807, 2.05) is 0 Å². The zero-order chi connectivity index (χ0) is 18.6. The molecule has 0 aromatic heterocycles. The fraction of sp³-hybridized carbons (Fsp3) is 0.167. The third-order valence-corrected chi connectivity index (χ3v) is 3.69. The van der Waals surface area contributed by atoms with Crippen LogP contribution in [-0.4, -0.2) is 23.8 Å². The van der Waals surface area contributed by atoms with Crippen LogP contribution in [-0.2, 0) is 9.53 Å². The van der Waals surface area contributed by atoms with Crippen molar-refractivity contribution in [3.63, 3.8) is 0 Å². The SMILES string of the molecule is CC(=O)c1ccc(NC(=O)[C@H](C)OC(=O)c2c(F)cccc2Cl)cc1. The first-order valence-corrected chi connectivity index (χ1v) is 7.74. The molecule has 5 nitrogen and oxygen atoms in total. The van der Waals surface area contributed by atoms with Crippen molar-refractivity contribution in [2.75, 3.05) is 5.32 Å². The molecule has 7 heteroatoms. The number of amides is 1. The molecule has 2 aromatic rings. The molecule has 0 heterocycles. The first-order valence-electron chi connectivity index (χ1n) is 7.36. The van der Waals surface area contributed by atoms with Gasteiger partial charge in [0, 0.05) is 11.3 Å². The summed E-state index contributed by atoms with van der Waals surface area (Å²) in [6.45, 7) is 2.79. The van der Waals surface area contributed by atoms with E-state index < -0.39 is 29.4 Å². The standard InChI is InChI=1S/C18H15ClFNO4/c1-10(22)12-6-8-13(9-7-12)21-17(23)11(2)25-18(24)16-14(19)4-3-5-15(16)20/h3-9,11H,1-2H3,(H,21,23)/t11-/m0/s1. The summed E-state index contributed by atoms with van der Waals surface area (Å²) in [5, 5.41) is 2.44. The highest BCUT2D eigenvalue weighted by molar-refractivity contribution is 6.33. The number of ether oxygens (including phenoxy) is 1. The lowest BCUT2D eigenvalue weighted by atomic mass is 10.1. The van der Waals surface area contributed by atoms with E-state index in [4.69, 9.17) is 16.3 Å². The average Bonchev–Trinajstić information content (AvgIpc) is 2.55. The number of benzene rings is 2. The van der Waals surface area contributed by atoms with Crippen molar-refractivity contribution in [3.8, 4) is 0 Å². The number of ketones is 1. The Hall–Kier alpha value is -2.73. The van der Waals surface area contributed by atoms with Crippen LogP contribution in [0.25, 0.3) is 0 Å². The molecule has 0 aliphatic carbocycles. The molecule has 0 bridgehead atoms. The fourth-order valence-corrected chi connectivity index (χ4v) is 2.24. The van der Waals surface area contributed by atoms with Crippen LogP contribution in [0, 0.1) is 5.82 Å². The number of hydrogen-bond donors (Lipinski definition) is 1. The van der Waals surface area contributed by atoms with E-state index in [0.29, 0.717) is 11.3 Å². The molecule has 0 aliphatic rings. The largest absolute Gasteiger partial charge is 0.449 e. The van der Waals surface area contributed by atoms with Crippen LogP contribution in [0.3, 0.4) is 0 Å². The third kappa shape index (κ3) is 4.64. The van der Waals surface area contributed by atoms with E-state index >= 15 is 0 Å². The van der Waals surface area contributed by atoms with Gasteiger partial charge in [-0.05, 0) is 50.2 Å². The van der Waals surface area contributed by atoms with E-state index in [1.165, 1.54) is 26.0 Å². The molecule has 0 saturated heterocycles. The number of carbonyl (C=O) groups excluding carboxylic acids is 3. The number of anilines is 1. The number of carbonyl (C=O) groups is 3. The van der Waals surface area contributed by atoms with Crippen molar-refractivity contribution >= 4 is 34.9 Å². The Balaban J connectivity index is 2.02. The van der Waals surface area contributed by atoms with Crippen molar-refractivity contribution in [2.24, 2.45) is 0 Å². The Labute approximate surface area is 148 Å². The minimum absolute atomic E-state index is 0.0954. The smallest absolute Gasteiger partial charge is 0.343 e. The van der Waals surface area contributed by atoms with Gasteiger partial charge in [-0.15, -0.1) is 0 Å². The van der Waals surface area contributed by atoms with E-state index in [1.54, 1.807) is 24.3 Å². The number of nitrogens with one attached hydrogen (secondary N) is 1. The topological polar surface area (TPSA) is 72.5 Å². The van der Waals surface area contributed by atoms with Crippen LogP contribution < -0.4 is 5.32 Å². The summed E-state index contributed by atoms with van der Waals surface area (Å²) in [6, 6.07) is 10.0. The first kappa shape index (κ1) is 18.6. The summed E-state index contributed by atoms with van der Waals surface area (Å²) < 4.78 is 18.7. The summed E-state index contributed by atoms with van der Waals surface area (Å²) in [4.78, 5) is 35.3. The van der Waals surface area contributed by atoms with Gasteiger partial charge < -0.3 is 10.1 Å². The maximum Gasteiger partial charge on any atom is 0.343 e. The average molecular weight is 364 g/mol. The third-order valence-electron chi connectivity index (χ3n) is 3.38. The number of Topliss-reactive ketones (excluding diaryl/α,β-unsaturated/α-hetero) is 1. The first-order chi connectivity index (χ1) is 11.8. The fourth-order valence-electron chi connectivity index (χ4n) is 2.00. The van der Waals surface area contributed by atoms with Gasteiger partial charge in [-0.1, -0.05) is 17.7 Å². The lowest BCUT2D eigenvalue weighted by Gasteiger charge is -2.14. The van der Waals surface area contributed by atoms with Crippen molar-refractivity contribution in [2.45, 2.75) is 20.0 Å². The molecule has 0 unspecified atom stereocenters. The van der Waals surface area contributed by atoms with Gasteiger partial charge in [0.05, 0.1) is 5.02 Å². The zero-order valence-corrected chi connectivity index (χ0v) is 14.3. The van der Waals surface area contributed by atoms with Crippen LogP contribution in [0.2, 0.25) is 5.02 Å². The van der Waals surface area contributed by atoms with E-state index in [2.05, 4.69) is 5.32 Å². The molecule has 0 radical (unpaired) electrons. The Kier molecular flexibility index (Phi) is 5.88. The quantitative estimate of drug-likeness (QED) is 0.646. The molecule has 0 aliphatic heterocycles. The highest BCUT2D eigenvalue weighted by atomic mass is 35.5. The summed E-state index contributed by atoms with van der Waals surface area (Å²) in [6.07, 6.45) is -1.17. The Morgan fingerprint density at radius 3 is 2.32 bits per heavy atom. The van der Waals surface area contributed by atoms with Crippen LogP contribution >= 0.6 is 11.6 Å². The highest BCUT2D eigenvalue weighted by Crippen LogP contribution is 2.20. The van der Waals surface area contributed by atoms with Gasteiger partial charge in [0.1, 0.15) is 11.4 Å². The van der Waals surface area contributed by atoms with Gasteiger partial charge in [0.25, 0.3) is 5.91 Å². The molecule has 1 N–H and O–H groups in total. The molecule has 2 rings (SSSR count). The number of rotatable bonds is 5. The molecule has 1 amide bonds. The Morgan fingerprint density at radius 2 is 1.76 bits per heavy atom. The molecule has 1 atom stereocenters. The van der Waals surface area contributed by atoms with Gasteiger partial charge in [-0.3, -0.25) is 9.59 Å². The maximum absolute atomic E-state index is 13.7. The monoisotopic (exact) mass is 363 g/mol. The molecule has 130 valence electrons. The summed E-state index contributed by atoms with van der Waals surface area (Å²) in [5.74, 6) is -2.55. The molecular weight excluding hydrogens is 349 g/mol. The van der Waals surface area contributed by atoms with Gasteiger partial charge in [-0.25, -0.2) is 9.18 Å². The summed E-state index contributed by atoms with van der Waals surface area (Å²) in [5.41, 5.74) is 0.517. The van der Waals surface area contributed by atoms with Crippen molar-refractivity contribution in [1.82, 2.24) is 0 Å². The van der Waals surface area contributed by atoms with Crippen LogP contribution in [0.4, 0.5) is 10.1 Å². The van der Waals surface area contributed by atoms with Crippen molar-refractivity contribution in [1.29, 1.82) is 0 Å². The summed E-state index contributed by atoms with van der Waals surface area (Å²) >= 11 is 5.79. The molecular formula is C18H15ClFNO4. The molecule has 0 spiro atoms. The van der Waals surface area contributed by atoms with Crippen molar-refractivity contribution < 1.29 is 23.5 Å². The van der Waals surface area contributed by atoms with E-state index in [9.17, 15) is 18.8 Å². The number of halogens is 2. The molecule has 0 fully saturated rings. The normalized spacial score (nSPS) is 11.5. The molecule has 25 heavy (non-hydrogen) atoms. The highest BCUT2D eigenvalue weighted by Gasteiger charge is 2.23. The van der Waals surface area contributed by atoms with Gasteiger partial charge in [0.15, 0.2) is 11.9 Å². The number of esters is 1. The minimum Gasteiger partial charge on any atom is -0.449 e. The van der Waals surface area contributed by atoms with Crippen LogP contribution in [0.1, 0.15) is 34.6 Å². The molecule has 2 aromatic carbocycles. The van der Waals surface area contributed by atoms with Gasteiger partial charge in [-0.2, -0.15) is 0 Å². The van der Waals surface area contributed by atoms with E-state index in [0.717, 1.165) is 6.07 Å². The van der Waals surface area contributed by atoms with Gasteiger partial charge >= 0.3 is 5.97 Å². The van der Waals surface area contributed by atoms with Gasteiger partial charge in [0.2, 0.25) is 0 Å². The van der Waals surface area contributed by atoms with Crippen molar-refractivity contribution in [3.05, 3.63) is 64.4 Å². The lowest BCUT2D eigenvalue weighted by Crippen LogP contribution is -2.30.